The summed E-state index contributed by atoms with van der Waals surface area (Å²) in [6, 6.07) is 0. The van der Waals surface area contributed by atoms with Gasteiger partial charge in [-0.3, -0.25) is 0 Å². The molecule has 0 amide bonds. The molecule has 0 saturated carbocycles. The van der Waals surface area contributed by atoms with Crippen LogP contribution in [-0.4, -0.2) is 46.7 Å². The summed E-state index contributed by atoms with van der Waals surface area (Å²) in [5, 5.41) is 0. The van der Waals surface area contributed by atoms with Crippen LogP contribution in [0.2, 0.25) is 29.6 Å². The molecule has 3 aromatic rings. The maximum absolute atomic E-state index is 5.42. The van der Waals surface area contributed by atoms with Crippen LogP contribution >= 0.6 is 22.7 Å². The fourth-order valence-electron chi connectivity index (χ4n) is 4.24. The van der Waals surface area contributed by atoms with Crippen molar-refractivity contribution in [1.29, 1.82) is 0 Å². The second kappa shape index (κ2) is 11.6. The van der Waals surface area contributed by atoms with Gasteiger partial charge in [-0.1, -0.05) is 0 Å². The number of aromatic nitrogens is 2. The number of nitrogens with zero attached hydrogens (tertiary/aromatic N) is 2. The van der Waals surface area contributed by atoms with Crippen LogP contribution in [0.25, 0.3) is 20.4 Å². The quantitative estimate of drug-likeness (QED) is 0.142. The van der Waals surface area contributed by atoms with Crippen molar-refractivity contribution in [2.75, 3.05) is 0 Å². The van der Waals surface area contributed by atoms with Gasteiger partial charge < -0.3 is 0 Å². The first-order valence-electron chi connectivity index (χ1n) is 12.8. The average Bonchev–Trinajstić information content (AvgIpc) is 3.34. The van der Waals surface area contributed by atoms with Crippen LogP contribution in [0.3, 0.4) is 0 Å². The zero-order chi connectivity index (χ0) is 23.5. The van der Waals surface area contributed by atoms with E-state index in [0.717, 1.165) is 0 Å². The Labute approximate surface area is 212 Å². The maximum atomic E-state index is 5.42. The zero-order valence-electron chi connectivity index (χ0n) is 21.8. The number of thiazole rings is 2. The Morgan fingerprint density at radius 1 is 0.562 bits per heavy atom. The Bertz CT molecular complexity index is 902. The van der Waals surface area contributed by atoms with Crippen LogP contribution < -0.4 is 6.05 Å². The van der Waals surface area contributed by atoms with Gasteiger partial charge in [0, 0.05) is 0 Å². The van der Waals surface area contributed by atoms with E-state index in [1.165, 1.54) is 90.7 Å². The summed E-state index contributed by atoms with van der Waals surface area (Å²) in [6.07, 6.45) is 12.9. The van der Waals surface area contributed by atoms with Crippen molar-refractivity contribution in [3.8, 4) is 0 Å². The van der Waals surface area contributed by atoms with Crippen LogP contribution in [-0.2, 0) is 12.8 Å². The summed E-state index contributed by atoms with van der Waals surface area (Å²) in [4.78, 5) is 25.9. The molecule has 2 heterocycles. The van der Waals surface area contributed by atoms with Gasteiger partial charge in [-0.2, -0.15) is 0 Å². The Morgan fingerprint density at radius 2 is 0.938 bits per heavy atom. The van der Waals surface area contributed by atoms with Gasteiger partial charge in [0.25, 0.3) is 0 Å². The third kappa shape index (κ3) is 6.42. The molecule has 1 aromatic carbocycles. The van der Waals surface area contributed by atoms with Crippen molar-refractivity contribution in [1.82, 2.24) is 9.97 Å². The molecule has 6 heteroatoms. The predicted molar refractivity (Wildman–Crippen MR) is 154 cm³/mol. The topological polar surface area (TPSA) is 25.8 Å². The average molecular weight is 686 g/mol. The van der Waals surface area contributed by atoms with Gasteiger partial charge in [0.15, 0.2) is 0 Å². The third-order valence-corrected chi connectivity index (χ3v) is 26.0. The molecule has 32 heavy (non-hydrogen) atoms. The van der Waals surface area contributed by atoms with Crippen LogP contribution in [0.4, 0.5) is 0 Å². The Kier molecular flexibility index (Phi) is 9.82. The number of hydrogen-bond acceptors (Lipinski definition) is 4. The molecular formula is C26H44N2S2Sn2. The van der Waals surface area contributed by atoms with E-state index in [1.807, 2.05) is 22.7 Å². The number of aryl methyl sites for hydroxylation is 2. The van der Waals surface area contributed by atoms with Crippen LogP contribution in [0.5, 0.6) is 0 Å². The molecule has 0 aliphatic rings. The van der Waals surface area contributed by atoms with Gasteiger partial charge in [0.2, 0.25) is 0 Å². The molecular weight excluding hydrogens is 642 g/mol. The standard InChI is InChI=1S/C20H26N2S2.6CH3.2Sn/c1-3-5-7-9-11-15-17-20(24-13-21-17)16(12-10-8-6-4-2)18-19(15)23-14-22-18;;;;;;;;/h3-12H2,1-2H3;6*1H3;;. The molecule has 0 aliphatic heterocycles. The molecule has 0 saturated heterocycles. The number of hydrogen-bond donors (Lipinski definition) is 0. The molecule has 0 bridgehead atoms. The van der Waals surface area contributed by atoms with Crippen molar-refractivity contribution in [2.45, 2.75) is 108 Å². The summed E-state index contributed by atoms with van der Waals surface area (Å²) >= 11 is -0.371. The summed E-state index contributed by atoms with van der Waals surface area (Å²) < 4.78 is 5.99. The number of unbranched alkanes of at least 4 members (excludes halogenated alkanes) is 6. The van der Waals surface area contributed by atoms with Crippen LogP contribution in [0.15, 0.2) is 0 Å². The molecule has 2 aromatic heterocycles. The second-order valence-electron chi connectivity index (χ2n) is 11.5. The van der Waals surface area contributed by atoms with Gasteiger partial charge in [-0.05, 0) is 0 Å². The zero-order valence-corrected chi connectivity index (χ0v) is 29.1. The minimum absolute atomic E-state index is 1.17. The minimum atomic E-state index is -2.23. The molecule has 0 aliphatic carbocycles. The summed E-state index contributed by atoms with van der Waals surface area (Å²) in [5.74, 6) is 0. The van der Waals surface area contributed by atoms with Crippen molar-refractivity contribution in [2.24, 2.45) is 0 Å². The van der Waals surface area contributed by atoms with Gasteiger partial charge in [-0.15, -0.1) is 0 Å². The predicted octanol–water partition coefficient (Wildman–Crippen LogP) is 8.24. The van der Waals surface area contributed by atoms with E-state index < -0.39 is 36.8 Å². The molecule has 0 radical (unpaired) electrons. The molecule has 0 atom stereocenters. The molecule has 0 N–H and O–H groups in total. The second-order valence-corrected chi connectivity index (χ2v) is 43.9. The van der Waals surface area contributed by atoms with E-state index in [4.69, 9.17) is 9.97 Å². The number of fused-ring (bicyclic) bond motifs is 2. The van der Waals surface area contributed by atoms with Gasteiger partial charge in [0.1, 0.15) is 0 Å². The SMILES string of the molecule is CCCCCCc1c2n[c]([Sn]([CH3])([CH3])[CH3])sc2c(CCCCCC)c2n[c]([Sn]([CH3])([CH3])[CH3])sc12. The Morgan fingerprint density at radius 3 is 1.25 bits per heavy atom. The normalized spacial score (nSPS) is 13.0. The summed E-state index contributed by atoms with van der Waals surface area (Å²) in [6.45, 7) is 4.61. The molecule has 178 valence electrons. The van der Waals surface area contributed by atoms with E-state index in [0.29, 0.717) is 0 Å². The summed E-state index contributed by atoms with van der Waals surface area (Å²) in [7, 11) is 0. The van der Waals surface area contributed by atoms with Gasteiger partial charge in [0.05, 0.1) is 0 Å². The third-order valence-electron chi connectivity index (χ3n) is 6.22. The number of rotatable bonds is 12. The van der Waals surface area contributed by atoms with E-state index >= 15 is 0 Å². The Hall–Kier alpha value is 0.597. The van der Waals surface area contributed by atoms with Gasteiger partial charge >= 0.3 is 215 Å². The van der Waals surface area contributed by atoms with E-state index in [1.54, 1.807) is 11.1 Å². The first kappa shape index (κ1) is 27.2. The van der Waals surface area contributed by atoms with E-state index in [-0.39, 0.29) is 0 Å². The van der Waals surface area contributed by atoms with E-state index in [9.17, 15) is 0 Å². The molecule has 0 unspecified atom stereocenters. The summed E-state index contributed by atoms with van der Waals surface area (Å²) in [5.41, 5.74) is 5.82. The van der Waals surface area contributed by atoms with Crippen molar-refractivity contribution in [3.63, 3.8) is 0 Å². The van der Waals surface area contributed by atoms with Crippen molar-refractivity contribution >= 4 is 85.9 Å². The molecule has 0 spiro atoms. The first-order chi connectivity index (χ1) is 15.1. The van der Waals surface area contributed by atoms with Crippen LogP contribution in [0.1, 0.15) is 76.3 Å². The molecule has 0 fully saturated rings. The first-order valence-corrected chi connectivity index (χ1v) is 34.4. The molecule has 2 nitrogen and oxygen atoms in total. The van der Waals surface area contributed by atoms with Crippen LogP contribution in [0, 0.1) is 0 Å². The monoisotopic (exact) mass is 688 g/mol. The number of benzene rings is 1. The fourth-order valence-corrected chi connectivity index (χ4v) is 16.2. The van der Waals surface area contributed by atoms with Crippen molar-refractivity contribution in [3.05, 3.63) is 11.1 Å². The fraction of sp³-hybridized carbons (Fsp3) is 0.692. The Balaban J connectivity index is 2.21. The molecule has 3 rings (SSSR count). The van der Waals surface area contributed by atoms with E-state index in [2.05, 4.69) is 43.5 Å². The van der Waals surface area contributed by atoms with Gasteiger partial charge in [-0.25, -0.2) is 0 Å². The van der Waals surface area contributed by atoms with Crippen molar-refractivity contribution < 1.29 is 0 Å².